The van der Waals surface area contributed by atoms with Gasteiger partial charge in [0.05, 0.1) is 6.04 Å². The molecule has 154 valence electrons. The Kier molecular flexibility index (Phi) is 6.92. The lowest BCUT2D eigenvalue weighted by molar-refractivity contribution is -0.136. The lowest BCUT2D eigenvalue weighted by Gasteiger charge is -2.35. The van der Waals surface area contributed by atoms with Gasteiger partial charge in [0.2, 0.25) is 5.91 Å². The van der Waals surface area contributed by atoms with E-state index in [-0.39, 0.29) is 29.6 Å². The number of amides is 3. The highest BCUT2D eigenvalue weighted by molar-refractivity contribution is 5.93. The van der Waals surface area contributed by atoms with Crippen molar-refractivity contribution in [3.8, 4) is 0 Å². The summed E-state index contributed by atoms with van der Waals surface area (Å²) in [6.45, 7) is 12.7. The van der Waals surface area contributed by atoms with E-state index in [1.807, 2.05) is 39.5 Å². The predicted octanol–water partition coefficient (Wildman–Crippen LogP) is 3.11. The Bertz CT molecular complexity index is 566. The van der Waals surface area contributed by atoms with Gasteiger partial charge in [-0.25, -0.2) is 4.79 Å². The molecule has 0 bridgehead atoms. The molecular weight excluding hydrogens is 342 g/mol. The number of nitrogens with zero attached hydrogens (tertiary/aromatic N) is 1. The first-order valence-electron chi connectivity index (χ1n) is 10.5. The summed E-state index contributed by atoms with van der Waals surface area (Å²) in [5.74, 6) is 0.267. The molecule has 1 heterocycles. The van der Waals surface area contributed by atoms with Gasteiger partial charge in [-0.1, -0.05) is 41.0 Å². The minimum Gasteiger partial charge on any atom is -0.338 e. The smallest absolute Gasteiger partial charge is 0.316 e. The molecule has 27 heavy (non-hydrogen) atoms. The summed E-state index contributed by atoms with van der Waals surface area (Å²) in [6, 6.07) is -1.32. The molecule has 2 fully saturated rings. The highest BCUT2D eigenvalue weighted by Gasteiger charge is 2.40. The Labute approximate surface area is 163 Å². The van der Waals surface area contributed by atoms with Gasteiger partial charge >= 0.3 is 6.03 Å². The lowest BCUT2D eigenvalue weighted by atomic mass is 9.85. The summed E-state index contributed by atoms with van der Waals surface area (Å²) in [5.41, 5.74) is -0.414. The molecule has 3 amide bonds. The first kappa shape index (κ1) is 21.7. The summed E-state index contributed by atoms with van der Waals surface area (Å²) in [6.07, 6.45) is 4.66. The summed E-state index contributed by atoms with van der Waals surface area (Å²) in [4.78, 5) is 40.3. The lowest BCUT2D eigenvalue weighted by Crippen LogP contribution is -2.59. The third kappa shape index (κ3) is 5.45. The Hall–Kier alpha value is -1.59. The third-order valence-electron chi connectivity index (χ3n) is 6.01. The number of nitrogens with one attached hydrogen (secondary N) is 2. The number of Topliss-reactive ketones (excluding diaryl/α,β-unsaturated/α-hetero) is 1. The minimum absolute atomic E-state index is 0.0312. The fourth-order valence-electron chi connectivity index (χ4n) is 3.74. The van der Waals surface area contributed by atoms with E-state index in [0.29, 0.717) is 0 Å². The van der Waals surface area contributed by atoms with Crippen LogP contribution in [0.4, 0.5) is 4.79 Å². The number of hydrogen-bond acceptors (Lipinski definition) is 3. The Balaban J connectivity index is 2.07. The van der Waals surface area contributed by atoms with Gasteiger partial charge in [0.15, 0.2) is 5.78 Å². The molecule has 0 spiro atoms. The van der Waals surface area contributed by atoms with Crippen molar-refractivity contribution in [2.24, 2.45) is 17.3 Å². The van der Waals surface area contributed by atoms with Crippen LogP contribution in [0.3, 0.4) is 0 Å². The summed E-state index contributed by atoms with van der Waals surface area (Å²) in [7, 11) is 0. The second-order valence-corrected chi connectivity index (χ2v) is 9.48. The number of ketones is 1. The molecule has 1 saturated carbocycles. The maximum atomic E-state index is 13.1. The van der Waals surface area contributed by atoms with E-state index in [1.165, 1.54) is 0 Å². The normalized spacial score (nSPS) is 23.5. The van der Waals surface area contributed by atoms with Crippen LogP contribution in [0.25, 0.3) is 0 Å². The highest BCUT2D eigenvalue weighted by atomic mass is 16.2. The molecule has 1 aliphatic carbocycles. The number of carbonyl (C=O) groups is 3. The van der Waals surface area contributed by atoms with Crippen molar-refractivity contribution in [1.82, 2.24) is 15.5 Å². The second kappa shape index (κ2) is 8.61. The monoisotopic (exact) mass is 379 g/mol. The van der Waals surface area contributed by atoms with Gasteiger partial charge in [-0.2, -0.15) is 0 Å². The van der Waals surface area contributed by atoms with Crippen LogP contribution in [0.15, 0.2) is 0 Å². The quantitative estimate of drug-likeness (QED) is 0.713. The van der Waals surface area contributed by atoms with Gasteiger partial charge in [0.1, 0.15) is 6.04 Å². The average molecular weight is 380 g/mol. The van der Waals surface area contributed by atoms with Crippen LogP contribution in [-0.4, -0.2) is 47.3 Å². The number of rotatable bonds is 7. The van der Waals surface area contributed by atoms with Crippen LogP contribution in [0.2, 0.25) is 0 Å². The predicted molar refractivity (Wildman–Crippen MR) is 106 cm³/mol. The van der Waals surface area contributed by atoms with Crippen molar-refractivity contribution in [3.05, 3.63) is 0 Å². The zero-order valence-electron chi connectivity index (χ0n) is 17.8. The molecule has 0 aromatic carbocycles. The van der Waals surface area contributed by atoms with E-state index < -0.39 is 23.5 Å². The molecule has 0 aromatic rings. The molecule has 1 aliphatic heterocycles. The van der Waals surface area contributed by atoms with Gasteiger partial charge in [0.25, 0.3) is 0 Å². The largest absolute Gasteiger partial charge is 0.338 e. The fourth-order valence-corrected chi connectivity index (χ4v) is 3.74. The topological polar surface area (TPSA) is 78.5 Å². The zero-order chi connectivity index (χ0) is 20.4. The average Bonchev–Trinajstić information content (AvgIpc) is 3.36. The molecule has 4 atom stereocenters. The van der Waals surface area contributed by atoms with Crippen LogP contribution < -0.4 is 10.6 Å². The van der Waals surface area contributed by atoms with Crippen molar-refractivity contribution >= 4 is 17.7 Å². The van der Waals surface area contributed by atoms with E-state index in [1.54, 1.807) is 0 Å². The number of likely N-dealkylation sites (tertiary alicyclic amines) is 1. The molecular formula is C21H37N3O3. The van der Waals surface area contributed by atoms with E-state index >= 15 is 0 Å². The fraction of sp³-hybridized carbons (Fsp3) is 0.857. The molecule has 2 N–H and O–H groups in total. The van der Waals surface area contributed by atoms with Gasteiger partial charge in [-0.3, -0.25) is 9.59 Å². The van der Waals surface area contributed by atoms with Gasteiger partial charge in [0, 0.05) is 18.5 Å². The molecule has 6 nitrogen and oxygen atoms in total. The molecule has 4 unspecified atom stereocenters. The zero-order valence-corrected chi connectivity index (χ0v) is 17.8. The number of urea groups is 1. The van der Waals surface area contributed by atoms with Crippen LogP contribution in [0, 0.1) is 17.3 Å². The van der Waals surface area contributed by atoms with Crippen molar-refractivity contribution in [2.45, 2.75) is 91.8 Å². The van der Waals surface area contributed by atoms with Crippen LogP contribution >= 0.6 is 0 Å². The number of hydrogen-bond donors (Lipinski definition) is 2. The van der Waals surface area contributed by atoms with Crippen LogP contribution in [0.5, 0.6) is 0 Å². The van der Waals surface area contributed by atoms with E-state index in [9.17, 15) is 14.4 Å². The molecule has 0 radical (unpaired) electrons. The number of carbonyl (C=O) groups excluding carboxylic acids is 3. The van der Waals surface area contributed by atoms with Gasteiger partial charge in [-0.05, 0) is 43.9 Å². The Morgan fingerprint density at radius 1 is 1.11 bits per heavy atom. The summed E-state index contributed by atoms with van der Waals surface area (Å²) < 4.78 is 0. The van der Waals surface area contributed by atoms with Crippen molar-refractivity contribution in [1.29, 1.82) is 0 Å². The molecule has 6 heteroatoms. The molecule has 0 aromatic heterocycles. The van der Waals surface area contributed by atoms with E-state index in [2.05, 4.69) is 17.6 Å². The first-order valence-corrected chi connectivity index (χ1v) is 10.5. The maximum Gasteiger partial charge on any atom is 0.316 e. The third-order valence-corrected chi connectivity index (χ3v) is 6.01. The summed E-state index contributed by atoms with van der Waals surface area (Å²) in [5, 5.41) is 5.76. The molecule has 2 rings (SSSR count). The maximum absolute atomic E-state index is 13.1. The van der Waals surface area contributed by atoms with Gasteiger partial charge in [-0.15, -0.1) is 0 Å². The van der Waals surface area contributed by atoms with Crippen LogP contribution in [-0.2, 0) is 9.59 Å². The SMILES string of the molecule is CCC(C)C(NC(=O)NC(C(=O)N1CCCC1C)C(C)(C)C)C(=O)C1CC1. The van der Waals surface area contributed by atoms with Crippen LogP contribution in [0.1, 0.15) is 73.6 Å². The van der Waals surface area contributed by atoms with Crippen molar-refractivity contribution < 1.29 is 14.4 Å². The molecule has 2 aliphatic rings. The standard InChI is InChI=1S/C21H37N3O3/c1-7-13(2)16(17(25)15-10-11-15)22-20(27)23-18(21(4,5)6)19(26)24-12-8-9-14(24)3/h13-16,18H,7-12H2,1-6H3,(H2,22,23,27). The Morgan fingerprint density at radius 3 is 2.19 bits per heavy atom. The second-order valence-electron chi connectivity index (χ2n) is 9.48. The van der Waals surface area contributed by atoms with Crippen molar-refractivity contribution in [2.75, 3.05) is 6.54 Å². The van der Waals surface area contributed by atoms with E-state index in [0.717, 1.165) is 38.6 Å². The van der Waals surface area contributed by atoms with Gasteiger partial charge < -0.3 is 15.5 Å². The summed E-state index contributed by atoms with van der Waals surface area (Å²) >= 11 is 0. The van der Waals surface area contributed by atoms with E-state index in [4.69, 9.17) is 0 Å². The Morgan fingerprint density at radius 2 is 1.74 bits per heavy atom. The minimum atomic E-state index is -0.619. The highest BCUT2D eigenvalue weighted by Crippen LogP contribution is 2.32. The molecule has 1 saturated heterocycles. The van der Waals surface area contributed by atoms with Crippen molar-refractivity contribution in [3.63, 3.8) is 0 Å². The first-order chi connectivity index (χ1) is 12.6.